The lowest BCUT2D eigenvalue weighted by Gasteiger charge is -2.09. The van der Waals surface area contributed by atoms with E-state index in [1.165, 1.54) is 18.2 Å². The fourth-order valence-electron chi connectivity index (χ4n) is 1.84. The van der Waals surface area contributed by atoms with Crippen LogP contribution >= 0.6 is 15.9 Å². The van der Waals surface area contributed by atoms with Crippen molar-refractivity contribution in [2.24, 2.45) is 0 Å². The van der Waals surface area contributed by atoms with Crippen LogP contribution in [0.15, 0.2) is 40.9 Å². The summed E-state index contributed by atoms with van der Waals surface area (Å²) in [4.78, 5) is 33.4. The SMILES string of the molecule is O=C(O)c1cc(Br)ccc1NC(=O)c1ccc(F)cc1[N+](=O)[O-]. The van der Waals surface area contributed by atoms with Crippen LogP contribution in [-0.4, -0.2) is 21.9 Å². The van der Waals surface area contributed by atoms with Gasteiger partial charge in [-0.15, -0.1) is 0 Å². The number of carboxylic acid groups (broad SMARTS) is 1. The number of amides is 1. The van der Waals surface area contributed by atoms with Gasteiger partial charge in [0, 0.05) is 4.47 Å². The van der Waals surface area contributed by atoms with Gasteiger partial charge in [0.05, 0.1) is 22.2 Å². The number of carbonyl (C=O) groups is 2. The third-order valence-electron chi connectivity index (χ3n) is 2.86. The van der Waals surface area contributed by atoms with Crippen LogP contribution < -0.4 is 5.32 Å². The third kappa shape index (κ3) is 3.69. The molecule has 0 saturated carbocycles. The zero-order valence-electron chi connectivity index (χ0n) is 11.2. The van der Waals surface area contributed by atoms with Crippen molar-refractivity contribution in [2.45, 2.75) is 0 Å². The van der Waals surface area contributed by atoms with Crippen molar-refractivity contribution in [3.8, 4) is 0 Å². The van der Waals surface area contributed by atoms with Crippen LogP contribution in [0, 0.1) is 15.9 Å². The summed E-state index contributed by atoms with van der Waals surface area (Å²) < 4.78 is 13.6. The number of nitrogens with one attached hydrogen (secondary N) is 1. The van der Waals surface area contributed by atoms with Gasteiger partial charge in [0.1, 0.15) is 11.4 Å². The first-order chi connectivity index (χ1) is 10.8. The molecule has 0 radical (unpaired) electrons. The van der Waals surface area contributed by atoms with Crippen molar-refractivity contribution < 1.29 is 24.0 Å². The Bertz CT molecular complexity index is 825. The van der Waals surface area contributed by atoms with E-state index >= 15 is 0 Å². The van der Waals surface area contributed by atoms with Gasteiger partial charge in [-0.3, -0.25) is 14.9 Å². The minimum absolute atomic E-state index is 0.0377. The Kier molecular flexibility index (Phi) is 4.70. The molecule has 0 heterocycles. The van der Waals surface area contributed by atoms with Gasteiger partial charge < -0.3 is 10.4 Å². The zero-order chi connectivity index (χ0) is 17.1. The Labute approximate surface area is 137 Å². The van der Waals surface area contributed by atoms with Crippen molar-refractivity contribution in [3.63, 3.8) is 0 Å². The normalized spacial score (nSPS) is 10.2. The highest BCUT2D eigenvalue weighted by molar-refractivity contribution is 9.10. The largest absolute Gasteiger partial charge is 0.478 e. The number of rotatable bonds is 4. The van der Waals surface area contributed by atoms with Gasteiger partial charge in [0.2, 0.25) is 0 Å². The standard InChI is InChI=1S/C14H8BrFN2O5/c15-7-1-4-11(10(5-7)14(20)21)17-13(19)9-3-2-8(16)6-12(9)18(22)23/h1-6H,(H,17,19)(H,20,21). The molecule has 0 fully saturated rings. The lowest BCUT2D eigenvalue weighted by molar-refractivity contribution is -0.385. The smallest absolute Gasteiger partial charge is 0.337 e. The molecule has 0 unspecified atom stereocenters. The summed E-state index contributed by atoms with van der Waals surface area (Å²) in [5.74, 6) is -3.06. The number of hydrogen-bond donors (Lipinski definition) is 2. The molecule has 0 aliphatic heterocycles. The van der Waals surface area contributed by atoms with Gasteiger partial charge in [-0.25, -0.2) is 9.18 Å². The Balaban J connectivity index is 2.41. The highest BCUT2D eigenvalue weighted by Gasteiger charge is 2.22. The third-order valence-corrected chi connectivity index (χ3v) is 3.35. The first-order valence-electron chi connectivity index (χ1n) is 6.07. The summed E-state index contributed by atoms with van der Waals surface area (Å²) in [6.07, 6.45) is 0. The number of nitro groups is 1. The van der Waals surface area contributed by atoms with Gasteiger partial charge in [-0.05, 0) is 30.3 Å². The number of benzene rings is 2. The molecule has 9 heteroatoms. The molecule has 0 bridgehead atoms. The molecule has 7 nitrogen and oxygen atoms in total. The van der Waals surface area contributed by atoms with Crippen LogP contribution in [-0.2, 0) is 0 Å². The summed E-state index contributed by atoms with van der Waals surface area (Å²) in [6.45, 7) is 0. The first kappa shape index (κ1) is 16.6. The van der Waals surface area contributed by atoms with Gasteiger partial charge >= 0.3 is 5.97 Å². The maximum absolute atomic E-state index is 13.1. The van der Waals surface area contributed by atoms with Crippen molar-refractivity contribution in [1.29, 1.82) is 0 Å². The molecule has 2 aromatic carbocycles. The quantitative estimate of drug-likeness (QED) is 0.621. The zero-order valence-corrected chi connectivity index (χ0v) is 12.8. The molecule has 0 spiro atoms. The highest BCUT2D eigenvalue weighted by atomic mass is 79.9. The fraction of sp³-hybridized carbons (Fsp3) is 0. The number of nitro benzene ring substituents is 1. The summed E-state index contributed by atoms with van der Waals surface area (Å²) >= 11 is 3.11. The maximum atomic E-state index is 13.1. The summed E-state index contributed by atoms with van der Waals surface area (Å²) in [6, 6.07) is 6.59. The van der Waals surface area contributed by atoms with E-state index in [4.69, 9.17) is 5.11 Å². The maximum Gasteiger partial charge on any atom is 0.337 e. The molecule has 2 aromatic rings. The fourth-order valence-corrected chi connectivity index (χ4v) is 2.20. The van der Waals surface area contributed by atoms with E-state index in [0.29, 0.717) is 10.5 Å². The second-order valence-electron chi connectivity index (χ2n) is 4.37. The predicted octanol–water partition coefficient (Wildman–Crippen LogP) is 3.45. The number of hydrogen-bond acceptors (Lipinski definition) is 4. The number of anilines is 1. The molecule has 0 aliphatic rings. The average Bonchev–Trinajstić information content (AvgIpc) is 2.48. The minimum Gasteiger partial charge on any atom is -0.478 e. The second kappa shape index (κ2) is 6.53. The van der Waals surface area contributed by atoms with Crippen LogP contribution in [0.25, 0.3) is 0 Å². The number of carboxylic acids is 1. The van der Waals surface area contributed by atoms with Crippen LogP contribution in [0.4, 0.5) is 15.8 Å². The lowest BCUT2D eigenvalue weighted by Crippen LogP contribution is -2.16. The Morgan fingerprint density at radius 2 is 1.87 bits per heavy atom. The monoisotopic (exact) mass is 382 g/mol. The Hall–Kier alpha value is -2.81. The average molecular weight is 383 g/mol. The summed E-state index contributed by atoms with van der Waals surface area (Å²) in [5, 5.41) is 22.3. The highest BCUT2D eigenvalue weighted by Crippen LogP contribution is 2.24. The number of carbonyl (C=O) groups excluding carboxylic acids is 1. The lowest BCUT2D eigenvalue weighted by atomic mass is 10.1. The molecule has 0 saturated heterocycles. The van der Waals surface area contributed by atoms with Crippen molar-refractivity contribution in [2.75, 3.05) is 5.32 Å². The Morgan fingerprint density at radius 1 is 1.17 bits per heavy atom. The minimum atomic E-state index is -1.28. The summed E-state index contributed by atoms with van der Waals surface area (Å²) in [5.41, 5.74) is -1.33. The van der Waals surface area contributed by atoms with Crippen molar-refractivity contribution >= 4 is 39.2 Å². The molecule has 2 N–H and O–H groups in total. The van der Waals surface area contributed by atoms with E-state index in [9.17, 15) is 24.1 Å². The van der Waals surface area contributed by atoms with Crippen molar-refractivity contribution in [3.05, 3.63) is 67.9 Å². The number of aromatic carboxylic acids is 1. The van der Waals surface area contributed by atoms with Gasteiger partial charge in [-0.1, -0.05) is 15.9 Å². The summed E-state index contributed by atoms with van der Waals surface area (Å²) in [7, 11) is 0. The molecule has 1 amide bonds. The van der Waals surface area contributed by atoms with E-state index < -0.39 is 28.3 Å². The molecular formula is C14H8BrFN2O5. The van der Waals surface area contributed by atoms with Crippen LogP contribution in [0.3, 0.4) is 0 Å². The number of nitrogens with zero attached hydrogens (tertiary/aromatic N) is 1. The topological polar surface area (TPSA) is 110 Å². The molecule has 118 valence electrons. The first-order valence-corrected chi connectivity index (χ1v) is 6.87. The van der Waals surface area contributed by atoms with E-state index in [1.807, 2.05) is 0 Å². The van der Waals surface area contributed by atoms with E-state index in [1.54, 1.807) is 0 Å². The van der Waals surface area contributed by atoms with Crippen molar-refractivity contribution in [1.82, 2.24) is 0 Å². The molecule has 23 heavy (non-hydrogen) atoms. The van der Waals surface area contributed by atoms with Gasteiger partial charge in [-0.2, -0.15) is 0 Å². The molecule has 0 atom stereocenters. The van der Waals surface area contributed by atoms with Gasteiger partial charge in [0.15, 0.2) is 0 Å². The van der Waals surface area contributed by atoms with E-state index in [2.05, 4.69) is 21.2 Å². The van der Waals surface area contributed by atoms with E-state index in [0.717, 1.165) is 12.1 Å². The number of halogens is 2. The van der Waals surface area contributed by atoms with Crippen LogP contribution in [0.1, 0.15) is 20.7 Å². The Morgan fingerprint density at radius 3 is 2.48 bits per heavy atom. The molecular weight excluding hydrogens is 375 g/mol. The molecule has 0 aliphatic carbocycles. The molecule has 0 aromatic heterocycles. The van der Waals surface area contributed by atoms with Crippen LogP contribution in [0.5, 0.6) is 0 Å². The van der Waals surface area contributed by atoms with Gasteiger partial charge in [0.25, 0.3) is 11.6 Å². The predicted molar refractivity (Wildman–Crippen MR) is 82.1 cm³/mol. The van der Waals surface area contributed by atoms with Crippen LogP contribution in [0.2, 0.25) is 0 Å². The second-order valence-corrected chi connectivity index (χ2v) is 5.28. The van der Waals surface area contributed by atoms with E-state index in [-0.39, 0.29) is 16.8 Å². The molecule has 2 rings (SSSR count).